The molecule has 3 heterocycles. The molecule has 6 heteroatoms. The molecule has 0 amide bonds. The highest BCUT2D eigenvalue weighted by Crippen LogP contribution is 2.28. The maximum atomic E-state index is 14.2. The molecule has 4 rings (SSSR count). The van der Waals surface area contributed by atoms with Crippen molar-refractivity contribution in [1.29, 1.82) is 0 Å². The van der Waals surface area contributed by atoms with E-state index in [-0.39, 0.29) is 5.82 Å². The van der Waals surface area contributed by atoms with Crippen LogP contribution in [-0.2, 0) is 6.54 Å². The van der Waals surface area contributed by atoms with Crippen LogP contribution in [0.2, 0.25) is 0 Å². The van der Waals surface area contributed by atoms with E-state index in [1.54, 1.807) is 18.3 Å². The molecule has 5 nitrogen and oxygen atoms in total. The number of nitrogens with zero attached hydrogens (tertiary/aromatic N) is 5. The first-order valence-electron chi connectivity index (χ1n) is 9.94. The van der Waals surface area contributed by atoms with E-state index in [1.807, 2.05) is 47.7 Å². The molecular formula is C24H24FN5. The molecule has 0 radical (unpaired) electrons. The molecular weight excluding hydrogens is 377 g/mol. The Labute approximate surface area is 175 Å². The second-order valence-corrected chi connectivity index (χ2v) is 7.52. The second kappa shape index (κ2) is 8.97. The van der Waals surface area contributed by atoms with Crippen LogP contribution in [0, 0.1) is 5.82 Å². The fourth-order valence-electron chi connectivity index (χ4n) is 3.37. The van der Waals surface area contributed by atoms with E-state index in [0.717, 1.165) is 41.8 Å². The molecule has 152 valence electrons. The number of pyridine rings is 2. The van der Waals surface area contributed by atoms with E-state index >= 15 is 0 Å². The van der Waals surface area contributed by atoms with Gasteiger partial charge in [-0.3, -0.25) is 14.6 Å². The highest BCUT2D eigenvalue weighted by Gasteiger charge is 2.09. The van der Waals surface area contributed by atoms with E-state index in [1.165, 1.54) is 6.07 Å². The van der Waals surface area contributed by atoms with Crippen LogP contribution in [0.3, 0.4) is 0 Å². The SMILES string of the molecule is CN(C)CCCn1cc(-c2cncc(-c3ccnc(-c4ccccc4F)c3)c2)cn1. The number of hydrogen-bond acceptors (Lipinski definition) is 4. The van der Waals surface area contributed by atoms with Crippen molar-refractivity contribution < 1.29 is 4.39 Å². The third-order valence-corrected chi connectivity index (χ3v) is 4.94. The van der Waals surface area contributed by atoms with Crippen molar-refractivity contribution in [1.82, 2.24) is 24.6 Å². The topological polar surface area (TPSA) is 46.8 Å². The third-order valence-electron chi connectivity index (χ3n) is 4.94. The van der Waals surface area contributed by atoms with Gasteiger partial charge in [-0.05, 0) is 63.0 Å². The van der Waals surface area contributed by atoms with Crippen LogP contribution in [0.1, 0.15) is 6.42 Å². The maximum absolute atomic E-state index is 14.2. The molecule has 0 saturated heterocycles. The summed E-state index contributed by atoms with van der Waals surface area (Å²) in [5, 5.41) is 4.47. The summed E-state index contributed by atoms with van der Waals surface area (Å²) in [5.74, 6) is -0.282. The molecule has 0 N–H and O–H groups in total. The van der Waals surface area contributed by atoms with Crippen LogP contribution >= 0.6 is 0 Å². The van der Waals surface area contributed by atoms with Gasteiger partial charge in [-0.2, -0.15) is 5.10 Å². The van der Waals surface area contributed by atoms with Crippen molar-refractivity contribution >= 4 is 0 Å². The Balaban J connectivity index is 1.58. The molecule has 0 fully saturated rings. The normalized spacial score (nSPS) is 11.2. The van der Waals surface area contributed by atoms with Crippen molar-refractivity contribution in [3.05, 3.63) is 79.3 Å². The maximum Gasteiger partial charge on any atom is 0.132 e. The first-order chi connectivity index (χ1) is 14.6. The van der Waals surface area contributed by atoms with E-state index in [9.17, 15) is 4.39 Å². The average molecular weight is 401 g/mol. The number of benzene rings is 1. The van der Waals surface area contributed by atoms with Crippen LogP contribution in [0.15, 0.2) is 73.4 Å². The molecule has 0 aliphatic heterocycles. The Hall–Kier alpha value is -3.38. The predicted molar refractivity (Wildman–Crippen MR) is 117 cm³/mol. The standard InChI is InChI=1S/C24H24FN5/c1-29(2)10-5-11-30-17-21(16-28-30)20-12-19(14-26-15-20)18-8-9-27-24(13-18)22-6-3-4-7-23(22)25/h3-4,6-9,12-17H,5,10-11H2,1-2H3. The first kappa shape index (κ1) is 19.9. The number of aromatic nitrogens is 4. The lowest BCUT2D eigenvalue weighted by Crippen LogP contribution is -2.15. The van der Waals surface area contributed by atoms with Gasteiger partial charge in [0.1, 0.15) is 5.82 Å². The van der Waals surface area contributed by atoms with Gasteiger partial charge in [-0.25, -0.2) is 4.39 Å². The van der Waals surface area contributed by atoms with Gasteiger partial charge in [0.2, 0.25) is 0 Å². The van der Waals surface area contributed by atoms with Crippen LogP contribution in [0.25, 0.3) is 33.5 Å². The molecule has 0 atom stereocenters. The summed E-state index contributed by atoms with van der Waals surface area (Å²) >= 11 is 0. The molecule has 30 heavy (non-hydrogen) atoms. The molecule has 0 bridgehead atoms. The lowest BCUT2D eigenvalue weighted by atomic mass is 10.0. The monoisotopic (exact) mass is 401 g/mol. The summed E-state index contributed by atoms with van der Waals surface area (Å²) in [6, 6.07) is 12.6. The Morgan fingerprint density at radius 1 is 0.933 bits per heavy atom. The Morgan fingerprint density at radius 3 is 2.53 bits per heavy atom. The minimum Gasteiger partial charge on any atom is -0.309 e. The zero-order valence-electron chi connectivity index (χ0n) is 17.2. The quantitative estimate of drug-likeness (QED) is 0.448. The number of hydrogen-bond donors (Lipinski definition) is 0. The van der Waals surface area contributed by atoms with Gasteiger partial charge in [0.25, 0.3) is 0 Å². The molecule has 0 unspecified atom stereocenters. The van der Waals surface area contributed by atoms with Gasteiger partial charge in [0.15, 0.2) is 0 Å². The van der Waals surface area contributed by atoms with Crippen molar-refractivity contribution in [2.45, 2.75) is 13.0 Å². The lowest BCUT2D eigenvalue weighted by molar-refractivity contribution is 0.380. The summed E-state index contributed by atoms with van der Waals surface area (Å²) in [4.78, 5) is 10.9. The lowest BCUT2D eigenvalue weighted by Gasteiger charge is -2.08. The average Bonchev–Trinajstić information content (AvgIpc) is 3.23. The highest BCUT2D eigenvalue weighted by atomic mass is 19.1. The third kappa shape index (κ3) is 4.60. The van der Waals surface area contributed by atoms with Crippen molar-refractivity contribution in [2.75, 3.05) is 20.6 Å². The largest absolute Gasteiger partial charge is 0.309 e. The van der Waals surface area contributed by atoms with Gasteiger partial charge >= 0.3 is 0 Å². The highest BCUT2D eigenvalue weighted by molar-refractivity contribution is 5.74. The minimum atomic E-state index is -0.282. The van der Waals surface area contributed by atoms with Crippen molar-refractivity contribution in [3.8, 4) is 33.5 Å². The van der Waals surface area contributed by atoms with Gasteiger partial charge in [-0.15, -0.1) is 0 Å². The summed E-state index contributed by atoms with van der Waals surface area (Å²) in [6.45, 7) is 1.90. The molecule has 0 saturated carbocycles. The van der Waals surface area contributed by atoms with Gasteiger partial charge in [0, 0.05) is 53.6 Å². The summed E-state index contributed by atoms with van der Waals surface area (Å²) in [6.07, 6.45) is 10.3. The van der Waals surface area contributed by atoms with Gasteiger partial charge < -0.3 is 4.90 Å². The molecule has 4 aromatic rings. The van der Waals surface area contributed by atoms with Gasteiger partial charge in [-0.1, -0.05) is 12.1 Å². The summed E-state index contributed by atoms with van der Waals surface area (Å²) in [7, 11) is 4.14. The van der Waals surface area contributed by atoms with Crippen molar-refractivity contribution in [2.24, 2.45) is 0 Å². The second-order valence-electron chi connectivity index (χ2n) is 7.52. The molecule has 0 spiro atoms. The molecule has 0 aliphatic rings. The fourth-order valence-corrected chi connectivity index (χ4v) is 3.37. The fraction of sp³-hybridized carbons (Fsp3) is 0.208. The van der Waals surface area contributed by atoms with Gasteiger partial charge in [0.05, 0.1) is 11.9 Å². The predicted octanol–water partition coefficient (Wildman–Crippen LogP) is 4.76. The zero-order valence-corrected chi connectivity index (χ0v) is 17.2. The summed E-state index contributed by atoms with van der Waals surface area (Å²) in [5.41, 5.74) is 5.00. The molecule has 0 aliphatic carbocycles. The summed E-state index contributed by atoms with van der Waals surface area (Å²) < 4.78 is 16.1. The molecule has 3 aromatic heterocycles. The van der Waals surface area contributed by atoms with E-state index in [2.05, 4.69) is 40.1 Å². The van der Waals surface area contributed by atoms with Crippen molar-refractivity contribution in [3.63, 3.8) is 0 Å². The Bertz CT molecular complexity index is 1140. The first-order valence-corrected chi connectivity index (χ1v) is 9.94. The van der Waals surface area contributed by atoms with E-state index < -0.39 is 0 Å². The Kier molecular flexibility index (Phi) is 5.95. The Morgan fingerprint density at radius 2 is 1.73 bits per heavy atom. The number of halogens is 1. The smallest absolute Gasteiger partial charge is 0.132 e. The van der Waals surface area contributed by atoms with E-state index in [0.29, 0.717) is 11.3 Å². The molecule has 1 aromatic carbocycles. The van der Waals surface area contributed by atoms with E-state index in [4.69, 9.17) is 0 Å². The zero-order chi connectivity index (χ0) is 20.9. The van der Waals surface area contributed by atoms with Crippen LogP contribution in [-0.4, -0.2) is 45.3 Å². The number of rotatable bonds is 7. The number of aryl methyl sites for hydroxylation is 1. The van der Waals surface area contributed by atoms with Crippen LogP contribution < -0.4 is 0 Å². The minimum absolute atomic E-state index is 0.282. The van der Waals surface area contributed by atoms with Crippen LogP contribution in [0.4, 0.5) is 4.39 Å². The van der Waals surface area contributed by atoms with Crippen LogP contribution in [0.5, 0.6) is 0 Å².